The molecule has 0 bridgehead atoms. The molecule has 2 rings (SSSR count). The largest absolute Gasteiger partial charge is 0.468 e. The molecule has 1 heterocycles. The number of hydrogen-bond donors (Lipinski definition) is 1. The Morgan fingerprint density at radius 3 is 2.94 bits per heavy atom. The molecule has 1 aliphatic carbocycles. The van der Waals surface area contributed by atoms with E-state index in [1.165, 1.54) is 12.8 Å². The maximum Gasteiger partial charge on any atom is 0.117 e. The molecule has 1 aromatic heterocycles. The third-order valence-electron chi connectivity index (χ3n) is 3.20. The molecule has 0 amide bonds. The van der Waals surface area contributed by atoms with Crippen LogP contribution in [0.25, 0.3) is 0 Å². The van der Waals surface area contributed by atoms with Gasteiger partial charge >= 0.3 is 0 Å². The monoisotopic (exact) mass is 238 g/mol. The van der Waals surface area contributed by atoms with Gasteiger partial charge < -0.3 is 14.5 Å². The van der Waals surface area contributed by atoms with Gasteiger partial charge in [-0.05, 0) is 32.0 Å². The average molecular weight is 238 g/mol. The van der Waals surface area contributed by atoms with Crippen LogP contribution in [0.4, 0.5) is 0 Å². The molecule has 0 radical (unpaired) electrons. The van der Waals surface area contributed by atoms with Gasteiger partial charge in [0.2, 0.25) is 0 Å². The quantitative estimate of drug-likeness (QED) is 0.744. The smallest absolute Gasteiger partial charge is 0.117 e. The van der Waals surface area contributed by atoms with Gasteiger partial charge in [-0.2, -0.15) is 0 Å². The molecular weight excluding hydrogens is 216 g/mol. The van der Waals surface area contributed by atoms with Crippen LogP contribution < -0.4 is 5.32 Å². The number of furan rings is 1. The van der Waals surface area contributed by atoms with Crippen LogP contribution in [-0.4, -0.2) is 44.3 Å². The van der Waals surface area contributed by atoms with Crippen LogP contribution in [0.2, 0.25) is 0 Å². The number of methoxy groups -OCH3 is 1. The number of likely N-dealkylation sites (N-methyl/N-ethyl adjacent to an activating group) is 1. The zero-order valence-corrected chi connectivity index (χ0v) is 10.7. The number of nitrogens with one attached hydrogen (secondary N) is 1. The predicted molar refractivity (Wildman–Crippen MR) is 66.9 cm³/mol. The van der Waals surface area contributed by atoms with Crippen LogP contribution in [0.15, 0.2) is 22.8 Å². The highest BCUT2D eigenvalue weighted by molar-refractivity contribution is 5.01. The van der Waals surface area contributed by atoms with Crippen molar-refractivity contribution < 1.29 is 9.15 Å². The lowest BCUT2D eigenvalue weighted by Gasteiger charge is -2.30. The molecule has 1 N–H and O–H groups in total. The number of rotatable bonds is 8. The molecule has 0 aliphatic heterocycles. The minimum atomic E-state index is 0.419. The van der Waals surface area contributed by atoms with Crippen molar-refractivity contribution in [3.8, 4) is 0 Å². The fourth-order valence-electron chi connectivity index (χ4n) is 2.24. The van der Waals surface area contributed by atoms with Gasteiger partial charge in [0.1, 0.15) is 5.76 Å². The minimum Gasteiger partial charge on any atom is -0.468 e. The molecule has 1 saturated carbocycles. The fourth-order valence-corrected chi connectivity index (χ4v) is 2.24. The van der Waals surface area contributed by atoms with Crippen molar-refractivity contribution in [2.45, 2.75) is 31.5 Å². The second kappa shape index (κ2) is 6.19. The van der Waals surface area contributed by atoms with E-state index in [1.54, 1.807) is 13.4 Å². The summed E-state index contributed by atoms with van der Waals surface area (Å²) < 4.78 is 10.8. The predicted octanol–water partition coefficient (Wildman–Crippen LogP) is 1.48. The summed E-state index contributed by atoms with van der Waals surface area (Å²) >= 11 is 0. The van der Waals surface area contributed by atoms with Crippen LogP contribution in [0.3, 0.4) is 0 Å². The van der Waals surface area contributed by atoms with Crippen molar-refractivity contribution in [2.24, 2.45) is 0 Å². The summed E-state index contributed by atoms with van der Waals surface area (Å²) in [4.78, 5) is 2.50. The highest BCUT2D eigenvalue weighted by atomic mass is 16.5. The summed E-state index contributed by atoms with van der Waals surface area (Å²) in [5.41, 5.74) is 0. The molecule has 96 valence electrons. The highest BCUT2D eigenvalue weighted by Gasteiger charge is 2.34. The SMILES string of the molecule is CNCC(COC)N(Cc1ccco1)C1CC1. The summed E-state index contributed by atoms with van der Waals surface area (Å²) in [6.45, 7) is 2.59. The lowest BCUT2D eigenvalue weighted by molar-refractivity contribution is 0.0753. The van der Waals surface area contributed by atoms with Gasteiger partial charge in [0.15, 0.2) is 0 Å². The molecule has 17 heavy (non-hydrogen) atoms. The minimum absolute atomic E-state index is 0.419. The Morgan fingerprint density at radius 1 is 1.59 bits per heavy atom. The van der Waals surface area contributed by atoms with Crippen molar-refractivity contribution in [2.75, 3.05) is 27.3 Å². The van der Waals surface area contributed by atoms with Gasteiger partial charge in [-0.25, -0.2) is 0 Å². The van der Waals surface area contributed by atoms with Gasteiger partial charge in [0, 0.05) is 25.7 Å². The standard InChI is InChI=1S/C13H22N2O2/c1-14-8-12(10-16-2)15(11-5-6-11)9-13-4-3-7-17-13/h3-4,7,11-12,14H,5-6,8-10H2,1-2H3. The van der Waals surface area contributed by atoms with Crippen LogP contribution in [0.5, 0.6) is 0 Å². The molecular formula is C13H22N2O2. The molecule has 0 saturated heterocycles. The van der Waals surface area contributed by atoms with Gasteiger partial charge in [-0.3, -0.25) is 4.90 Å². The van der Waals surface area contributed by atoms with E-state index in [4.69, 9.17) is 9.15 Å². The fraction of sp³-hybridized carbons (Fsp3) is 0.692. The van der Waals surface area contributed by atoms with Crippen LogP contribution in [0.1, 0.15) is 18.6 Å². The van der Waals surface area contributed by atoms with Crippen LogP contribution >= 0.6 is 0 Å². The molecule has 4 heteroatoms. The van der Waals surface area contributed by atoms with E-state index in [0.29, 0.717) is 12.1 Å². The van der Waals surface area contributed by atoms with E-state index in [-0.39, 0.29) is 0 Å². The van der Waals surface area contributed by atoms with Crippen molar-refractivity contribution >= 4 is 0 Å². The van der Waals surface area contributed by atoms with Crippen LogP contribution in [0, 0.1) is 0 Å². The topological polar surface area (TPSA) is 37.6 Å². The first-order valence-electron chi connectivity index (χ1n) is 6.26. The van der Waals surface area contributed by atoms with Gasteiger partial charge in [0.05, 0.1) is 19.4 Å². The lowest BCUT2D eigenvalue weighted by Crippen LogP contribution is -2.45. The van der Waals surface area contributed by atoms with Gasteiger partial charge in [-0.15, -0.1) is 0 Å². The summed E-state index contributed by atoms with van der Waals surface area (Å²) in [6, 6.07) is 5.11. The molecule has 1 fully saturated rings. The first kappa shape index (κ1) is 12.6. The van der Waals surface area contributed by atoms with E-state index < -0.39 is 0 Å². The molecule has 0 aromatic carbocycles. The van der Waals surface area contributed by atoms with Crippen LogP contribution in [-0.2, 0) is 11.3 Å². The lowest BCUT2D eigenvalue weighted by atomic mass is 10.2. The number of hydrogen-bond acceptors (Lipinski definition) is 4. The normalized spacial score (nSPS) is 17.6. The molecule has 1 atom stereocenters. The Balaban J connectivity index is 1.98. The van der Waals surface area contributed by atoms with E-state index in [9.17, 15) is 0 Å². The van der Waals surface area contributed by atoms with Crippen molar-refractivity contribution in [3.63, 3.8) is 0 Å². The number of nitrogens with zero attached hydrogens (tertiary/aromatic N) is 1. The summed E-state index contributed by atoms with van der Waals surface area (Å²) in [5, 5.41) is 3.24. The molecule has 4 nitrogen and oxygen atoms in total. The molecule has 1 aromatic rings. The zero-order valence-electron chi connectivity index (χ0n) is 10.7. The van der Waals surface area contributed by atoms with Gasteiger partial charge in [-0.1, -0.05) is 0 Å². The Kier molecular flexibility index (Phi) is 4.59. The Labute approximate surface area is 103 Å². The second-order valence-electron chi connectivity index (χ2n) is 4.65. The van der Waals surface area contributed by atoms with Crippen molar-refractivity contribution in [1.29, 1.82) is 0 Å². The van der Waals surface area contributed by atoms with E-state index in [0.717, 1.165) is 25.5 Å². The summed E-state index contributed by atoms with van der Waals surface area (Å²) in [5.74, 6) is 1.04. The molecule has 1 aliphatic rings. The van der Waals surface area contributed by atoms with Gasteiger partial charge in [0.25, 0.3) is 0 Å². The van der Waals surface area contributed by atoms with E-state index in [2.05, 4.69) is 10.2 Å². The van der Waals surface area contributed by atoms with E-state index >= 15 is 0 Å². The summed E-state index contributed by atoms with van der Waals surface area (Å²) in [6.07, 6.45) is 4.33. The molecule has 0 spiro atoms. The molecule has 1 unspecified atom stereocenters. The van der Waals surface area contributed by atoms with Crippen molar-refractivity contribution in [1.82, 2.24) is 10.2 Å². The maximum atomic E-state index is 5.45. The number of ether oxygens (including phenoxy) is 1. The second-order valence-corrected chi connectivity index (χ2v) is 4.65. The Hall–Kier alpha value is -0.840. The Morgan fingerprint density at radius 2 is 2.41 bits per heavy atom. The first-order chi connectivity index (χ1) is 8.35. The summed E-state index contributed by atoms with van der Waals surface area (Å²) in [7, 11) is 3.75. The third-order valence-corrected chi connectivity index (χ3v) is 3.20. The maximum absolute atomic E-state index is 5.45. The first-order valence-corrected chi connectivity index (χ1v) is 6.26. The average Bonchev–Trinajstić information content (AvgIpc) is 3.04. The van der Waals surface area contributed by atoms with Crippen molar-refractivity contribution in [3.05, 3.63) is 24.2 Å². The Bertz CT molecular complexity index is 303. The highest BCUT2D eigenvalue weighted by Crippen LogP contribution is 2.30. The zero-order chi connectivity index (χ0) is 12.1. The van der Waals surface area contributed by atoms with E-state index in [1.807, 2.05) is 19.2 Å². The third kappa shape index (κ3) is 3.56.